The van der Waals surface area contributed by atoms with Crippen LogP contribution < -0.4 is 10.6 Å². The van der Waals surface area contributed by atoms with Gasteiger partial charge in [0.05, 0.1) is 6.54 Å². The van der Waals surface area contributed by atoms with Crippen LogP contribution in [0.3, 0.4) is 0 Å². The molecule has 2 amide bonds. The molecule has 0 radical (unpaired) electrons. The zero-order valence-electron chi connectivity index (χ0n) is 11.3. The summed E-state index contributed by atoms with van der Waals surface area (Å²) in [5.74, 6) is -1.35. The minimum atomic E-state index is -1.57. The number of likely N-dealkylation sites (N-methyl/N-ethyl adjacent to an activating group) is 2. The number of carbonyl (C=O) groups is 2. The summed E-state index contributed by atoms with van der Waals surface area (Å²) in [6, 6.07) is -0.240. The highest BCUT2D eigenvalue weighted by Crippen LogP contribution is 2.04. The number of nitrogens with zero attached hydrogens (tertiary/aromatic N) is 2. The third kappa shape index (κ3) is 5.41. The van der Waals surface area contributed by atoms with Gasteiger partial charge in [0.1, 0.15) is 0 Å². The van der Waals surface area contributed by atoms with Gasteiger partial charge in [0.2, 0.25) is 0 Å². The first-order chi connectivity index (χ1) is 8.90. The minimum absolute atomic E-state index is 0.230. The average molecular weight is 274 g/mol. The molecule has 1 heterocycles. The van der Waals surface area contributed by atoms with Crippen LogP contribution in [0.1, 0.15) is 0 Å². The van der Waals surface area contributed by atoms with E-state index < -0.39 is 18.1 Å². The Kier molecular flexibility index (Phi) is 6.00. The number of piperazine rings is 1. The van der Waals surface area contributed by atoms with Crippen molar-refractivity contribution in [1.29, 1.82) is 0 Å². The number of aliphatic hydroxyl groups excluding tert-OH is 1. The second kappa shape index (κ2) is 7.27. The molecule has 1 fully saturated rings. The number of carboxylic acid groups (broad SMARTS) is 1. The lowest BCUT2D eigenvalue weighted by Gasteiger charge is -2.37. The van der Waals surface area contributed by atoms with E-state index in [0.717, 1.165) is 19.6 Å². The molecule has 8 nitrogen and oxygen atoms in total. The van der Waals surface area contributed by atoms with Crippen LogP contribution in [0.5, 0.6) is 0 Å². The summed E-state index contributed by atoms with van der Waals surface area (Å²) in [6.07, 6.45) is -1.57. The van der Waals surface area contributed by atoms with Gasteiger partial charge in [-0.2, -0.15) is 0 Å². The molecule has 1 aliphatic heterocycles. The summed E-state index contributed by atoms with van der Waals surface area (Å²) in [4.78, 5) is 26.2. The largest absolute Gasteiger partial charge is 0.479 e. The van der Waals surface area contributed by atoms with E-state index in [1.54, 1.807) is 0 Å². The van der Waals surface area contributed by atoms with Gasteiger partial charge in [0.15, 0.2) is 6.10 Å². The molecule has 0 bridgehead atoms. The molecule has 0 aromatic carbocycles. The van der Waals surface area contributed by atoms with Crippen molar-refractivity contribution in [2.24, 2.45) is 0 Å². The zero-order chi connectivity index (χ0) is 14.4. The van der Waals surface area contributed by atoms with Crippen molar-refractivity contribution in [3.8, 4) is 0 Å². The molecule has 1 unspecified atom stereocenters. The Morgan fingerprint density at radius 1 is 1.32 bits per heavy atom. The second-order valence-electron chi connectivity index (χ2n) is 4.84. The number of aliphatic hydroxyl groups is 1. The van der Waals surface area contributed by atoms with E-state index in [4.69, 9.17) is 10.2 Å². The van der Waals surface area contributed by atoms with Crippen LogP contribution in [0.4, 0.5) is 4.79 Å². The van der Waals surface area contributed by atoms with Crippen LogP contribution in [-0.4, -0.2) is 91.0 Å². The van der Waals surface area contributed by atoms with Crippen LogP contribution in [-0.2, 0) is 4.79 Å². The topological polar surface area (TPSA) is 105 Å². The summed E-state index contributed by atoms with van der Waals surface area (Å²) in [5, 5.41) is 22.5. The van der Waals surface area contributed by atoms with Gasteiger partial charge < -0.3 is 25.7 Å². The van der Waals surface area contributed by atoms with Crippen molar-refractivity contribution in [2.75, 3.05) is 46.8 Å². The van der Waals surface area contributed by atoms with Crippen LogP contribution in [0.15, 0.2) is 0 Å². The van der Waals surface area contributed by atoms with E-state index in [-0.39, 0.29) is 12.6 Å². The number of carbonyl (C=O) groups excluding carboxylic acids is 1. The van der Waals surface area contributed by atoms with Crippen molar-refractivity contribution in [3.63, 3.8) is 0 Å². The molecule has 19 heavy (non-hydrogen) atoms. The number of carboxylic acids is 1. The number of hydrogen-bond acceptors (Lipinski definition) is 5. The monoisotopic (exact) mass is 274 g/mol. The maximum Gasteiger partial charge on any atom is 0.334 e. The molecule has 4 N–H and O–H groups in total. The molecule has 2 atom stereocenters. The summed E-state index contributed by atoms with van der Waals surface area (Å²) in [7, 11) is 4.04. The Morgan fingerprint density at radius 3 is 2.63 bits per heavy atom. The second-order valence-corrected chi connectivity index (χ2v) is 4.84. The SMILES string of the molecule is CN1CCN(C)C(CNC(=O)NC[C@H](O)C(=O)O)C1. The van der Waals surface area contributed by atoms with Crippen molar-refractivity contribution < 1.29 is 19.8 Å². The fourth-order valence-corrected chi connectivity index (χ4v) is 1.87. The normalized spacial score (nSPS) is 22.8. The smallest absolute Gasteiger partial charge is 0.334 e. The highest BCUT2D eigenvalue weighted by Gasteiger charge is 2.22. The first-order valence-electron chi connectivity index (χ1n) is 6.21. The Morgan fingerprint density at radius 2 is 2.00 bits per heavy atom. The number of amides is 2. The first kappa shape index (κ1) is 15.7. The van der Waals surface area contributed by atoms with Gasteiger partial charge in [0.25, 0.3) is 0 Å². The molecule has 8 heteroatoms. The van der Waals surface area contributed by atoms with Crippen molar-refractivity contribution in [1.82, 2.24) is 20.4 Å². The molecular formula is C11H22N4O4. The van der Waals surface area contributed by atoms with E-state index in [0.29, 0.717) is 6.54 Å². The molecule has 1 rings (SSSR count). The number of rotatable bonds is 5. The minimum Gasteiger partial charge on any atom is -0.479 e. The maximum atomic E-state index is 11.4. The molecule has 1 aliphatic rings. The van der Waals surface area contributed by atoms with E-state index in [1.807, 2.05) is 14.1 Å². The molecule has 0 aromatic rings. The number of urea groups is 1. The Labute approximate surface area is 112 Å². The van der Waals surface area contributed by atoms with E-state index in [2.05, 4.69) is 20.4 Å². The van der Waals surface area contributed by atoms with Gasteiger partial charge in [-0.25, -0.2) is 9.59 Å². The molecule has 0 saturated carbocycles. The van der Waals surface area contributed by atoms with Crippen LogP contribution in [0.2, 0.25) is 0 Å². The van der Waals surface area contributed by atoms with Gasteiger partial charge in [-0.15, -0.1) is 0 Å². The van der Waals surface area contributed by atoms with Gasteiger partial charge in [0, 0.05) is 32.2 Å². The first-order valence-corrected chi connectivity index (χ1v) is 6.21. The predicted molar refractivity (Wildman–Crippen MR) is 69.0 cm³/mol. The van der Waals surface area contributed by atoms with Crippen molar-refractivity contribution in [3.05, 3.63) is 0 Å². The molecule has 0 spiro atoms. The molecule has 110 valence electrons. The lowest BCUT2D eigenvalue weighted by Crippen LogP contribution is -2.55. The summed E-state index contributed by atoms with van der Waals surface area (Å²) in [6.45, 7) is 3.00. The summed E-state index contributed by atoms with van der Waals surface area (Å²) in [5.41, 5.74) is 0. The van der Waals surface area contributed by atoms with Crippen molar-refractivity contribution in [2.45, 2.75) is 12.1 Å². The fraction of sp³-hybridized carbons (Fsp3) is 0.818. The number of hydrogen-bond donors (Lipinski definition) is 4. The molecule has 0 aromatic heterocycles. The number of nitrogens with one attached hydrogen (secondary N) is 2. The number of aliphatic carboxylic acids is 1. The fourth-order valence-electron chi connectivity index (χ4n) is 1.87. The lowest BCUT2D eigenvalue weighted by molar-refractivity contribution is -0.146. The van der Waals surface area contributed by atoms with Gasteiger partial charge in [-0.05, 0) is 14.1 Å². The third-order valence-electron chi connectivity index (χ3n) is 3.22. The maximum absolute atomic E-state index is 11.4. The van der Waals surface area contributed by atoms with Crippen LogP contribution in [0, 0.1) is 0 Å². The third-order valence-corrected chi connectivity index (χ3v) is 3.22. The lowest BCUT2D eigenvalue weighted by atomic mass is 10.2. The quantitative estimate of drug-likeness (QED) is 0.461. The van der Waals surface area contributed by atoms with Crippen LogP contribution in [0.25, 0.3) is 0 Å². The molecular weight excluding hydrogens is 252 g/mol. The zero-order valence-corrected chi connectivity index (χ0v) is 11.3. The Hall–Kier alpha value is -1.38. The Bertz CT molecular complexity index is 326. The average Bonchev–Trinajstić information content (AvgIpc) is 2.36. The molecule has 1 saturated heterocycles. The van der Waals surface area contributed by atoms with Crippen LogP contribution >= 0.6 is 0 Å². The standard InChI is InChI=1S/C11H22N4O4/c1-14-3-4-15(2)8(7-14)5-12-11(19)13-6-9(16)10(17)18/h8-9,16H,3-7H2,1-2H3,(H,17,18)(H2,12,13,19)/t8?,9-/m0/s1. The van der Waals surface area contributed by atoms with Gasteiger partial charge >= 0.3 is 12.0 Å². The Balaban J connectivity index is 2.24. The predicted octanol–water partition coefficient (Wildman–Crippen LogP) is -2.02. The van der Waals surface area contributed by atoms with E-state index in [9.17, 15) is 9.59 Å². The van der Waals surface area contributed by atoms with E-state index in [1.165, 1.54) is 0 Å². The van der Waals surface area contributed by atoms with Crippen molar-refractivity contribution >= 4 is 12.0 Å². The van der Waals surface area contributed by atoms with Gasteiger partial charge in [-0.1, -0.05) is 0 Å². The van der Waals surface area contributed by atoms with E-state index >= 15 is 0 Å². The highest BCUT2D eigenvalue weighted by molar-refractivity contribution is 5.76. The molecule has 0 aliphatic carbocycles. The summed E-state index contributed by atoms with van der Waals surface area (Å²) < 4.78 is 0. The highest BCUT2D eigenvalue weighted by atomic mass is 16.4. The summed E-state index contributed by atoms with van der Waals surface area (Å²) >= 11 is 0. The van der Waals surface area contributed by atoms with Gasteiger partial charge in [-0.3, -0.25) is 4.90 Å².